The van der Waals surface area contributed by atoms with E-state index in [0.29, 0.717) is 0 Å². The fourth-order valence-corrected chi connectivity index (χ4v) is 7.96. The van der Waals surface area contributed by atoms with Gasteiger partial charge in [0.15, 0.2) is 0 Å². The normalized spacial score (nSPS) is 11.3. The minimum atomic E-state index is 1.10. The molecule has 0 aliphatic rings. The highest BCUT2D eigenvalue weighted by molar-refractivity contribution is 6.21. The second kappa shape index (κ2) is 13.4. The van der Waals surface area contributed by atoms with Crippen LogP contribution >= 0.6 is 0 Å². The number of para-hydroxylation sites is 1. The fraction of sp³-hybridized carbons (Fsp3) is 0. The maximum atomic E-state index is 2.40. The van der Waals surface area contributed by atoms with Crippen molar-refractivity contribution in [3.8, 4) is 39.1 Å². The molecule has 1 aromatic heterocycles. The zero-order chi connectivity index (χ0) is 35.8. The molecule has 0 spiro atoms. The predicted octanol–water partition coefficient (Wildman–Crippen LogP) is 14.4. The molecule has 0 aliphatic carbocycles. The number of rotatable bonds is 7. The van der Waals surface area contributed by atoms with Crippen molar-refractivity contribution in [3.63, 3.8) is 0 Å². The number of hydrogen-bond donors (Lipinski definition) is 0. The highest BCUT2D eigenvalue weighted by Crippen LogP contribution is 2.40. The minimum absolute atomic E-state index is 1.10. The lowest BCUT2D eigenvalue weighted by Crippen LogP contribution is -2.10. The first-order valence-corrected chi connectivity index (χ1v) is 18.5. The van der Waals surface area contributed by atoms with Gasteiger partial charge in [-0.05, 0) is 105 Å². The monoisotopic (exact) mass is 688 g/mol. The van der Waals surface area contributed by atoms with E-state index in [1.807, 2.05) is 0 Å². The van der Waals surface area contributed by atoms with E-state index in [9.17, 15) is 0 Å². The molecule has 254 valence electrons. The fourth-order valence-electron chi connectivity index (χ4n) is 7.96. The van der Waals surface area contributed by atoms with E-state index in [1.165, 1.54) is 66.0 Å². The summed E-state index contributed by atoms with van der Waals surface area (Å²) in [6.07, 6.45) is 0. The van der Waals surface area contributed by atoms with Gasteiger partial charge in [0, 0.05) is 33.5 Å². The highest BCUT2D eigenvalue weighted by Gasteiger charge is 2.16. The Labute approximate surface area is 315 Å². The van der Waals surface area contributed by atoms with Crippen molar-refractivity contribution < 1.29 is 0 Å². The topological polar surface area (TPSA) is 8.17 Å². The molecule has 54 heavy (non-hydrogen) atoms. The molecule has 0 bridgehead atoms. The van der Waals surface area contributed by atoms with Gasteiger partial charge in [-0.3, -0.25) is 0 Å². The van der Waals surface area contributed by atoms with Crippen LogP contribution in [0.1, 0.15) is 0 Å². The summed E-state index contributed by atoms with van der Waals surface area (Å²) in [5.41, 5.74) is 14.1. The van der Waals surface area contributed by atoms with Gasteiger partial charge in [0.2, 0.25) is 0 Å². The van der Waals surface area contributed by atoms with E-state index in [4.69, 9.17) is 0 Å². The molecule has 0 fully saturated rings. The Morgan fingerprint density at radius 3 is 1.44 bits per heavy atom. The molecule has 0 atom stereocenters. The van der Waals surface area contributed by atoms with E-state index >= 15 is 0 Å². The molecule has 2 nitrogen and oxygen atoms in total. The summed E-state index contributed by atoms with van der Waals surface area (Å²) in [7, 11) is 0. The molecule has 10 aromatic rings. The molecule has 9 aromatic carbocycles. The van der Waals surface area contributed by atoms with Crippen molar-refractivity contribution in [2.24, 2.45) is 0 Å². The predicted molar refractivity (Wildman–Crippen MR) is 229 cm³/mol. The van der Waals surface area contributed by atoms with Gasteiger partial charge in [-0.1, -0.05) is 158 Å². The maximum Gasteiger partial charge on any atom is 0.0547 e. The molecule has 0 N–H and O–H groups in total. The largest absolute Gasteiger partial charge is 0.310 e. The number of hydrogen-bond acceptors (Lipinski definition) is 1. The molecule has 0 unspecified atom stereocenters. The molecule has 10 rings (SSSR count). The highest BCUT2D eigenvalue weighted by atomic mass is 15.1. The van der Waals surface area contributed by atoms with Crippen molar-refractivity contribution in [2.45, 2.75) is 0 Å². The summed E-state index contributed by atoms with van der Waals surface area (Å²) >= 11 is 0. The second-order valence-corrected chi connectivity index (χ2v) is 13.8. The molecular weight excluding hydrogens is 653 g/mol. The third-order valence-electron chi connectivity index (χ3n) is 10.6. The van der Waals surface area contributed by atoms with E-state index in [1.54, 1.807) is 0 Å². The molecule has 0 saturated carbocycles. The van der Waals surface area contributed by atoms with Crippen LogP contribution in [0.5, 0.6) is 0 Å². The van der Waals surface area contributed by atoms with Crippen LogP contribution in [-0.4, -0.2) is 4.57 Å². The van der Waals surface area contributed by atoms with Gasteiger partial charge in [0.1, 0.15) is 0 Å². The first-order valence-electron chi connectivity index (χ1n) is 18.5. The molecule has 0 amide bonds. The van der Waals surface area contributed by atoms with E-state index in [2.05, 4.69) is 228 Å². The van der Waals surface area contributed by atoms with Gasteiger partial charge in [0.05, 0.1) is 11.0 Å². The molecule has 0 aliphatic heterocycles. The van der Waals surface area contributed by atoms with E-state index < -0.39 is 0 Å². The van der Waals surface area contributed by atoms with Crippen molar-refractivity contribution in [1.29, 1.82) is 0 Å². The van der Waals surface area contributed by atoms with Crippen molar-refractivity contribution >= 4 is 49.6 Å². The molecule has 2 heteroatoms. The minimum Gasteiger partial charge on any atom is -0.310 e. The van der Waals surface area contributed by atoms with Gasteiger partial charge in [0.25, 0.3) is 0 Å². The first kappa shape index (κ1) is 31.6. The standard InChI is InChI=1S/C52H36N2/c1-3-12-37(13-4-1)39-22-29-44(30-23-39)53(47-18-11-17-43(36-47)38-14-5-2-6-15-38)45-31-24-40(25-32-45)41-26-33-46(34-27-41)54-50-21-10-9-20-49(50)52-48-19-8-7-16-42(48)28-35-51(52)54/h1-36H. The Kier molecular flexibility index (Phi) is 7.85. The van der Waals surface area contributed by atoms with Crippen LogP contribution < -0.4 is 4.90 Å². The van der Waals surface area contributed by atoms with Crippen LogP contribution in [0.15, 0.2) is 218 Å². The van der Waals surface area contributed by atoms with E-state index in [0.717, 1.165) is 22.7 Å². The summed E-state index contributed by atoms with van der Waals surface area (Å²) in [5.74, 6) is 0. The average molecular weight is 689 g/mol. The van der Waals surface area contributed by atoms with Crippen LogP contribution in [0.3, 0.4) is 0 Å². The Morgan fingerprint density at radius 2 is 0.796 bits per heavy atom. The SMILES string of the molecule is c1ccc(-c2ccc(N(c3ccc(-c4ccc(-n5c6ccccc6c6c7ccccc7ccc65)cc4)cc3)c3cccc(-c4ccccc4)c3)cc2)cc1. The molecule has 0 radical (unpaired) electrons. The van der Waals surface area contributed by atoms with Gasteiger partial charge in [-0.15, -0.1) is 0 Å². The number of anilines is 3. The summed E-state index contributed by atoms with van der Waals surface area (Å²) in [5, 5.41) is 5.13. The Hall–Kier alpha value is -7.16. The van der Waals surface area contributed by atoms with Gasteiger partial charge < -0.3 is 9.47 Å². The zero-order valence-corrected chi connectivity index (χ0v) is 29.7. The maximum absolute atomic E-state index is 2.40. The Morgan fingerprint density at radius 1 is 0.296 bits per heavy atom. The van der Waals surface area contributed by atoms with Crippen molar-refractivity contribution in [1.82, 2.24) is 4.57 Å². The van der Waals surface area contributed by atoms with Crippen LogP contribution in [0.25, 0.3) is 71.6 Å². The van der Waals surface area contributed by atoms with Gasteiger partial charge in [-0.25, -0.2) is 0 Å². The number of benzene rings is 9. The lowest BCUT2D eigenvalue weighted by atomic mass is 10.0. The van der Waals surface area contributed by atoms with Gasteiger partial charge >= 0.3 is 0 Å². The van der Waals surface area contributed by atoms with Crippen molar-refractivity contribution in [2.75, 3.05) is 4.90 Å². The lowest BCUT2D eigenvalue weighted by molar-refractivity contribution is 1.18. The van der Waals surface area contributed by atoms with Crippen LogP contribution in [0.4, 0.5) is 17.1 Å². The van der Waals surface area contributed by atoms with E-state index in [-0.39, 0.29) is 0 Å². The summed E-state index contributed by atoms with van der Waals surface area (Å²) in [4.78, 5) is 2.35. The van der Waals surface area contributed by atoms with Crippen LogP contribution in [0, 0.1) is 0 Å². The molecule has 1 heterocycles. The second-order valence-electron chi connectivity index (χ2n) is 13.8. The molecule has 0 saturated heterocycles. The third kappa shape index (κ3) is 5.62. The van der Waals surface area contributed by atoms with Crippen LogP contribution in [-0.2, 0) is 0 Å². The summed E-state index contributed by atoms with van der Waals surface area (Å²) in [6, 6.07) is 78.7. The zero-order valence-electron chi connectivity index (χ0n) is 29.7. The average Bonchev–Trinajstić information content (AvgIpc) is 3.60. The summed E-state index contributed by atoms with van der Waals surface area (Å²) < 4.78 is 2.40. The summed E-state index contributed by atoms with van der Waals surface area (Å²) in [6.45, 7) is 0. The lowest BCUT2D eigenvalue weighted by Gasteiger charge is -2.26. The van der Waals surface area contributed by atoms with Gasteiger partial charge in [-0.2, -0.15) is 0 Å². The Bertz CT molecular complexity index is 2890. The smallest absolute Gasteiger partial charge is 0.0547 e. The number of fused-ring (bicyclic) bond motifs is 5. The molecular formula is C52H36N2. The quantitative estimate of drug-likeness (QED) is 0.162. The van der Waals surface area contributed by atoms with Crippen LogP contribution in [0.2, 0.25) is 0 Å². The number of nitrogens with zero attached hydrogens (tertiary/aromatic N) is 2. The Balaban J connectivity index is 1.01. The number of aromatic nitrogens is 1. The van der Waals surface area contributed by atoms with Crippen molar-refractivity contribution in [3.05, 3.63) is 218 Å². The third-order valence-corrected chi connectivity index (χ3v) is 10.6. The first-order chi connectivity index (χ1) is 26.8.